The number of alkyl halides is 2. The van der Waals surface area contributed by atoms with Crippen LogP contribution in [-0.2, 0) is 28.5 Å². The Kier molecular flexibility index (Phi) is 9.98. The molecule has 1 heterocycles. The zero-order chi connectivity index (χ0) is 33.3. The van der Waals surface area contributed by atoms with Crippen LogP contribution in [0.5, 0.6) is 5.75 Å². The lowest BCUT2D eigenvalue weighted by molar-refractivity contribution is -0.00186. The Morgan fingerprint density at radius 1 is 1.11 bits per heavy atom. The topological polar surface area (TPSA) is 104 Å². The summed E-state index contributed by atoms with van der Waals surface area (Å²) in [5.41, 5.74) is 1.75. The molecular formula is C33H46F2N4O5Si. The van der Waals surface area contributed by atoms with Crippen LogP contribution in [-0.4, -0.2) is 49.2 Å². The van der Waals surface area contributed by atoms with E-state index in [4.69, 9.17) is 19.3 Å². The Balaban J connectivity index is 1.70. The largest absolute Gasteiger partial charge is 0.496 e. The molecule has 0 saturated carbocycles. The molecule has 1 aliphatic carbocycles. The predicted octanol–water partition coefficient (Wildman–Crippen LogP) is 7.47. The number of rotatable bonds is 11. The second-order valence-corrected chi connectivity index (χ2v) is 19.6. The van der Waals surface area contributed by atoms with Crippen molar-refractivity contribution in [1.29, 1.82) is 0 Å². The molecule has 3 aromatic rings. The number of nitrogens with zero attached hydrogens (tertiary/aromatic N) is 2. The van der Waals surface area contributed by atoms with E-state index >= 15 is 0 Å². The van der Waals surface area contributed by atoms with Gasteiger partial charge in [-0.1, -0.05) is 37.8 Å². The smallest absolute Gasteiger partial charge is 0.408 e. The van der Waals surface area contributed by atoms with Gasteiger partial charge in [-0.3, -0.25) is 4.79 Å². The quantitative estimate of drug-likeness (QED) is 0.166. The van der Waals surface area contributed by atoms with E-state index in [-0.39, 0.29) is 30.7 Å². The van der Waals surface area contributed by atoms with Gasteiger partial charge in [-0.05, 0) is 64.3 Å². The van der Waals surface area contributed by atoms with Crippen LogP contribution < -0.4 is 15.4 Å². The second kappa shape index (κ2) is 13.1. The molecule has 246 valence electrons. The molecule has 0 saturated heterocycles. The number of benzene rings is 2. The van der Waals surface area contributed by atoms with Crippen molar-refractivity contribution in [3.8, 4) is 5.75 Å². The molecule has 0 aliphatic heterocycles. The number of carbonyl (C=O) groups excluding carboxylic acids is 2. The molecular weight excluding hydrogens is 598 g/mol. The number of carbonyl (C=O) groups is 2. The zero-order valence-corrected chi connectivity index (χ0v) is 28.8. The Morgan fingerprint density at radius 2 is 1.80 bits per heavy atom. The van der Waals surface area contributed by atoms with Gasteiger partial charge in [0.25, 0.3) is 11.8 Å². The molecule has 12 heteroatoms. The van der Waals surface area contributed by atoms with Gasteiger partial charge in [-0.2, -0.15) is 5.10 Å². The highest BCUT2D eigenvalue weighted by atomic mass is 28.3. The predicted molar refractivity (Wildman–Crippen MR) is 173 cm³/mol. The fourth-order valence-corrected chi connectivity index (χ4v) is 6.28. The van der Waals surface area contributed by atoms with Gasteiger partial charge < -0.3 is 24.8 Å². The van der Waals surface area contributed by atoms with Crippen LogP contribution in [0.2, 0.25) is 25.7 Å². The van der Waals surface area contributed by atoms with Crippen LogP contribution in [0.3, 0.4) is 0 Å². The summed E-state index contributed by atoms with van der Waals surface area (Å²) in [6, 6.07) is 6.34. The number of fused-ring (bicyclic) bond motifs is 2. The fourth-order valence-electron chi connectivity index (χ4n) is 5.52. The fraction of sp³-hybridized carbons (Fsp3) is 0.545. The highest BCUT2D eigenvalue weighted by molar-refractivity contribution is 6.76. The lowest BCUT2D eigenvalue weighted by Gasteiger charge is -2.23. The van der Waals surface area contributed by atoms with Crippen molar-refractivity contribution >= 4 is 31.0 Å². The number of amides is 2. The maximum absolute atomic E-state index is 14.5. The van der Waals surface area contributed by atoms with Crippen molar-refractivity contribution in [1.82, 2.24) is 20.4 Å². The molecule has 4 rings (SSSR count). The van der Waals surface area contributed by atoms with Crippen molar-refractivity contribution in [3.05, 3.63) is 58.3 Å². The first-order valence-corrected chi connectivity index (χ1v) is 19.1. The number of nitrogens with one attached hydrogen (secondary N) is 2. The summed E-state index contributed by atoms with van der Waals surface area (Å²) in [6.45, 7) is 16.5. The van der Waals surface area contributed by atoms with Crippen LogP contribution in [0.25, 0.3) is 10.9 Å². The molecule has 2 atom stereocenters. The highest BCUT2D eigenvalue weighted by Crippen LogP contribution is 2.44. The van der Waals surface area contributed by atoms with Gasteiger partial charge in [0.05, 0.1) is 30.1 Å². The van der Waals surface area contributed by atoms with Crippen molar-refractivity contribution in [2.45, 2.75) is 103 Å². The Labute approximate surface area is 265 Å². The van der Waals surface area contributed by atoms with E-state index in [1.807, 2.05) is 0 Å². The first kappa shape index (κ1) is 34.4. The normalized spacial score (nSPS) is 15.8. The van der Waals surface area contributed by atoms with Crippen LogP contribution in [0, 0.1) is 0 Å². The third-order valence-electron chi connectivity index (χ3n) is 7.80. The number of ether oxygens (including phenoxy) is 3. The number of alkyl carbamates (subject to hydrolysis) is 1. The minimum absolute atomic E-state index is 0.0186. The average molecular weight is 645 g/mol. The molecule has 2 N–H and O–H groups in total. The molecule has 45 heavy (non-hydrogen) atoms. The number of methoxy groups -OCH3 is 1. The van der Waals surface area contributed by atoms with E-state index < -0.39 is 43.7 Å². The maximum Gasteiger partial charge on any atom is 0.408 e. The molecule has 0 fully saturated rings. The van der Waals surface area contributed by atoms with Gasteiger partial charge in [0.1, 0.15) is 23.6 Å². The lowest BCUT2D eigenvalue weighted by Crippen LogP contribution is -2.34. The Bertz CT molecular complexity index is 1560. The number of aromatic nitrogens is 2. The first-order valence-electron chi connectivity index (χ1n) is 15.4. The van der Waals surface area contributed by atoms with Gasteiger partial charge in [0.2, 0.25) is 0 Å². The third kappa shape index (κ3) is 8.21. The molecule has 2 amide bonds. The zero-order valence-electron chi connectivity index (χ0n) is 27.8. The van der Waals surface area contributed by atoms with Gasteiger partial charge in [-0.25, -0.2) is 18.3 Å². The lowest BCUT2D eigenvalue weighted by atomic mass is 9.96. The van der Waals surface area contributed by atoms with E-state index in [2.05, 4.69) is 30.3 Å². The van der Waals surface area contributed by atoms with Crippen molar-refractivity contribution < 1.29 is 32.6 Å². The van der Waals surface area contributed by atoms with E-state index in [9.17, 15) is 18.4 Å². The van der Waals surface area contributed by atoms with Crippen molar-refractivity contribution in [3.63, 3.8) is 0 Å². The molecule has 0 spiro atoms. The van der Waals surface area contributed by atoms with Crippen LogP contribution in [0.15, 0.2) is 30.5 Å². The van der Waals surface area contributed by atoms with Gasteiger partial charge in [0, 0.05) is 38.4 Å². The Morgan fingerprint density at radius 3 is 2.44 bits per heavy atom. The van der Waals surface area contributed by atoms with Gasteiger partial charge in [0.15, 0.2) is 0 Å². The van der Waals surface area contributed by atoms with E-state index in [1.165, 1.54) is 13.2 Å². The summed E-state index contributed by atoms with van der Waals surface area (Å²) >= 11 is 0. The monoisotopic (exact) mass is 644 g/mol. The Hall–Kier alpha value is -3.51. The van der Waals surface area contributed by atoms with Crippen molar-refractivity contribution in [2.75, 3.05) is 13.7 Å². The summed E-state index contributed by atoms with van der Waals surface area (Å²) in [5, 5.41) is 11.1. The summed E-state index contributed by atoms with van der Waals surface area (Å²) in [4.78, 5) is 26.6. The molecule has 9 nitrogen and oxygen atoms in total. The van der Waals surface area contributed by atoms with Gasteiger partial charge >= 0.3 is 6.09 Å². The standard InChI is InChI=1S/C33H46F2N4O5Si/c1-20(22-11-10-12-27-23(22)13-14-33(27,34)35)36-30(40)25-17-24(21(2)37-31(41)44-32(3,4)5)29(42-6)26-18-39(38-28(25)26)19-43-15-16-45(7,8)9/h10-12,17-18,20-21H,13-16,19H2,1-9H3,(H,36,40)(H,37,41)/t20-,21?/m1/s1. The maximum atomic E-state index is 14.5. The van der Waals surface area contributed by atoms with Crippen LogP contribution in [0.4, 0.5) is 13.6 Å². The molecule has 1 aromatic heterocycles. The molecule has 0 radical (unpaired) electrons. The third-order valence-corrected chi connectivity index (χ3v) is 9.51. The first-order chi connectivity index (χ1) is 20.9. The van der Waals surface area contributed by atoms with Crippen LogP contribution in [0.1, 0.15) is 85.7 Å². The summed E-state index contributed by atoms with van der Waals surface area (Å²) in [7, 11) is 0.235. The SMILES string of the molecule is COc1c(C(C)NC(=O)OC(C)(C)C)cc(C(=O)N[C@H](C)c2cccc3c2CCC3(F)F)c2nn(COCC[Si](C)(C)C)cc12. The van der Waals surface area contributed by atoms with E-state index in [0.29, 0.717) is 39.9 Å². The van der Waals surface area contributed by atoms with Gasteiger partial charge in [-0.15, -0.1) is 0 Å². The second-order valence-electron chi connectivity index (χ2n) is 14.0. The average Bonchev–Trinajstić information content (AvgIpc) is 3.48. The highest BCUT2D eigenvalue weighted by Gasteiger charge is 2.40. The van der Waals surface area contributed by atoms with E-state index in [0.717, 1.165) is 6.04 Å². The minimum Gasteiger partial charge on any atom is -0.496 e. The summed E-state index contributed by atoms with van der Waals surface area (Å²) in [5.74, 6) is -2.87. The number of hydrogen-bond donors (Lipinski definition) is 2. The molecule has 2 aromatic carbocycles. The summed E-state index contributed by atoms with van der Waals surface area (Å²) in [6.07, 6.45) is 1.14. The van der Waals surface area contributed by atoms with E-state index in [1.54, 1.807) is 63.7 Å². The minimum atomic E-state index is -2.88. The molecule has 1 aliphatic rings. The molecule has 1 unspecified atom stereocenters. The van der Waals surface area contributed by atoms with Crippen molar-refractivity contribution in [2.24, 2.45) is 0 Å². The molecule has 0 bridgehead atoms. The summed E-state index contributed by atoms with van der Waals surface area (Å²) < 4.78 is 47.7. The van der Waals surface area contributed by atoms with Crippen LogP contribution >= 0.6 is 0 Å². The number of hydrogen-bond acceptors (Lipinski definition) is 6. The number of halogens is 2.